The number of hydrogen-bond donors (Lipinski definition) is 1. The number of nitro groups is 1. The number of amides is 2. The van der Waals surface area contributed by atoms with E-state index in [1.165, 1.54) is 29.5 Å². The first-order valence-electron chi connectivity index (χ1n) is 9.54. The maximum absolute atomic E-state index is 13.1. The van der Waals surface area contributed by atoms with Gasteiger partial charge in [-0.1, -0.05) is 39.3 Å². The van der Waals surface area contributed by atoms with Gasteiger partial charge in [-0.2, -0.15) is 0 Å². The van der Waals surface area contributed by atoms with Crippen LogP contribution in [-0.2, 0) is 6.54 Å². The molecule has 0 saturated heterocycles. The molecule has 0 unspecified atom stereocenters. The SMILES string of the molecule is CC(C)CNC(=O)c1csc(CN(CC(C)C)C(=O)c2ccc([N+](=O)[O-])cc2Cl)n1. The Hall–Kier alpha value is -2.52. The molecule has 1 heterocycles. The van der Waals surface area contributed by atoms with Crippen LogP contribution in [0.3, 0.4) is 0 Å². The van der Waals surface area contributed by atoms with E-state index in [-0.39, 0.29) is 40.6 Å². The molecule has 30 heavy (non-hydrogen) atoms. The minimum atomic E-state index is -0.562. The fourth-order valence-electron chi connectivity index (χ4n) is 2.66. The van der Waals surface area contributed by atoms with Gasteiger partial charge in [0.2, 0.25) is 0 Å². The zero-order chi connectivity index (χ0) is 22.4. The van der Waals surface area contributed by atoms with E-state index in [0.717, 1.165) is 0 Å². The molecule has 0 saturated carbocycles. The number of nitro benzene ring substituents is 1. The monoisotopic (exact) mass is 452 g/mol. The van der Waals surface area contributed by atoms with Gasteiger partial charge in [-0.3, -0.25) is 19.7 Å². The smallest absolute Gasteiger partial charge is 0.270 e. The van der Waals surface area contributed by atoms with Crippen LogP contribution in [0.4, 0.5) is 5.69 Å². The Morgan fingerprint density at radius 3 is 2.53 bits per heavy atom. The predicted octanol–water partition coefficient (Wildman–Crippen LogP) is 4.39. The number of aromatic nitrogens is 1. The van der Waals surface area contributed by atoms with Gasteiger partial charge in [0, 0.05) is 30.6 Å². The summed E-state index contributed by atoms with van der Waals surface area (Å²) in [6, 6.07) is 3.79. The van der Waals surface area contributed by atoms with E-state index in [1.807, 2.05) is 27.7 Å². The summed E-state index contributed by atoms with van der Waals surface area (Å²) in [5.41, 5.74) is 0.333. The van der Waals surface area contributed by atoms with E-state index in [1.54, 1.807) is 10.3 Å². The van der Waals surface area contributed by atoms with Crippen molar-refractivity contribution < 1.29 is 14.5 Å². The summed E-state index contributed by atoms with van der Waals surface area (Å²) in [4.78, 5) is 41.6. The lowest BCUT2D eigenvalue weighted by molar-refractivity contribution is -0.384. The number of nitrogens with zero attached hydrogens (tertiary/aromatic N) is 3. The highest BCUT2D eigenvalue weighted by Crippen LogP contribution is 2.25. The van der Waals surface area contributed by atoms with Crippen LogP contribution in [0.15, 0.2) is 23.6 Å². The molecule has 0 aliphatic carbocycles. The van der Waals surface area contributed by atoms with Crippen molar-refractivity contribution in [2.24, 2.45) is 11.8 Å². The minimum absolute atomic E-state index is 0.0239. The van der Waals surface area contributed by atoms with Gasteiger partial charge in [-0.25, -0.2) is 4.98 Å². The van der Waals surface area contributed by atoms with Crippen LogP contribution < -0.4 is 5.32 Å². The first kappa shape index (κ1) is 23.8. The second-order valence-electron chi connectivity index (χ2n) is 7.73. The highest BCUT2D eigenvalue weighted by Gasteiger charge is 2.23. The molecule has 0 atom stereocenters. The molecule has 1 N–H and O–H groups in total. The van der Waals surface area contributed by atoms with Gasteiger partial charge >= 0.3 is 0 Å². The first-order chi connectivity index (χ1) is 14.1. The molecular weight excluding hydrogens is 428 g/mol. The van der Waals surface area contributed by atoms with Crippen molar-refractivity contribution in [2.45, 2.75) is 34.2 Å². The van der Waals surface area contributed by atoms with E-state index in [9.17, 15) is 19.7 Å². The van der Waals surface area contributed by atoms with E-state index >= 15 is 0 Å². The number of halogens is 1. The maximum Gasteiger partial charge on any atom is 0.270 e. The van der Waals surface area contributed by atoms with Crippen molar-refractivity contribution in [1.82, 2.24) is 15.2 Å². The zero-order valence-corrected chi connectivity index (χ0v) is 18.9. The minimum Gasteiger partial charge on any atom is -0.350 e. The molecule has 162 valence electrons. The molecule has 2 aromatic rings. The summed E-state index contributed by atoms with van der Waals surface area (Å²) in [6.07, 6.45) is 0. The number of carbonyl (C=O) groups is 2. The lowest BCUT2D eigenvalue weighted by Crippen LogP contribution is -2.34. The molecule has 0 radical (unpaired) electrons. The van der Waals surface area contributed by atoms with Crippen LogP contribution >= 0.6 is 22.9 Å². The largest absolute Gasteiger partial charge is 0.350 e. The van der Waals surface area contributed by atoms with Gasteiger partial charge in [0.1, 0.15) is 10.7 Å². The molecule has 10 heteroatoms. The van der Waals surface area contributed by atoms with Crippen molar-refractivity contribution in [3.63, 3.8) is 0 Å². The van der Waals surface area contributed by atoms with E-state index in [0.29, 0.717) is 29.7 Å². The first-order valence-corrected chi connectivity index (χ1v) is 10.8. The third-order valence-corrected chi connectivity index (χ3v) is 5.19. The molecule has 8 nitrogen and oxygen atoms in total. The summed E-state index contributed by atoms with van der Waals surface area (Å²) >= 11 is 7.44. The lowest BCUT2D eigenvalue weighted by Gasteiger charge is -2.24. The number of rotatable bonds is 9. The molecule has 2 amide bonds. The van der Waals surface area contributed by atoms with E-state index in [4.69, 9.17) is 11.6 Å². The molecule has 0 aliphatic heterocycles. The van der Waals surface area contributed by atoms with Gasteiger partial charge in [-0.05, 0) is 17.9 Å². The molecular formula is C20H25ClN4O4S. The molecule has 0 fully saturated rings. The predicted molar refractivity (Wildman–Crippen MR) is 117 cm³/mol. The van der Waals surface area contributed by atoms with Gasteiger partial charge in [0.15, 0.2) is 0 Å². The Morgan fingerprint density at radius 2 is 1.97 bits per heavy atom. The Morgan fingerprint density at radius 1 is 1.27 bits per heavy atom. The second-order valence-corrected chi connectivity index (χ2v) is 9.08. The molecule has 2 rings (SSSR count). The molecule has 0 aliphatic rings. The highest BCUT2D eigenvalue weighted by molar-refractivity contribution is 7.09. The topological polar surface area (TPSA) is 105 Å². The van der Waals surface area contributed by atoms with Gasteiger partial charge in [-0.15, -0.1) is 11.3 Å². The van der Waals surface area contributed by atoms with Crippen molar-refractivity contribution in [3.8, 4) is 0 Å². The fraction of sp³-hybridized carbons (Fsp3) is 0.450. The Bertz CT molecular complexity index is 929. The summed E-state index contributed by atoms with van der Waals surface area (Å²) in [5, 5.41) is 16.0. The Labute approximate surface area is 184 Å². The van der Waals surface area contributed by atoms with Gasteiger partial charge in [0.05, 0.1) is 22.1 Å². The van der Waals surface area contributed by atoms with Crippen LogP contribution in [0, 0.1) is 22.0 Å². The average Bonchev–Trinajstić information content (AvgIpc) is 3.13. The van der Waals surface area contributed by atoms with Gasteiger partial charge < -0.3 is 10.2 Å². The maximum atomic E-state index is 13.1. The number of thiazole rings is 1. The number of nitrogens with one attached hydrogen (secondary N) is 1. The number of benzene rings is 1. The van der Waals surface area contributed by atoms with Crippen molar-refractivity contribution >= 4 is 40.4 Å². The third kappa shape index (κ3) is 6.50. The van der Waals surface area contributed by atoms with E-state index < -0.39 is 4.92 Å². The number of non-ortho nitro benzene ring substituents is 1. The molecule has 1 aromatic heterocycles. The summed E-state index contributed by atoms with van der Waals surface area (Å²) < 4.78 is 0. The van der Waals surface area contributed by atoms with Crippen LogP contribution in [0.5, 0.6) is 0 Å². The van der Waals surface area contributed by atoms with Crippen LogP contribution in [0.1, 0.15) is 53.5 Å². The lowest BCUT2D eigenvalue weighted by atomic mass is 10.1. The summed E-state index contributed by atoms with van der Waals surface area (Å²) in [5.74, 6) is -0.0758. The summed E-state index contributed by atoms with van der Waals surface area (Å²) in [6.45, 7) is 9.18. The quantitative estimate of drug-likeness (QED) is 0.448. The van der Waals surface area contributed by atoms with Crippen LogP contribution in [0.25, 0.3) is 0 Å². The Kier molecular flexibility index (Phi) is 8.31. The number of hydrogen-bond acceptors (Lipinski definition) is 6. The highest BCUT2D eigenvalue weighted by atomic mass is 35.5. The third-order valence-electron chi connectivity index (χ3n) is 4.05. The summed E-state index contributed by atoms with van der Waals surface area (Å²) in [7, 11) is 0. The van der Waals surface area contributed by atoms with E-state index in [2.05, 4.69) is 10.3 Å². The Balaban J connectivity index is 2.20. The van der Waals surface area contributed by atoms with Crippen LogP contribution in [-0.4, -0.2) is 39.7 Å². The number of carbonyl (C=O) groups excluding carboxylic acids is 2. The zero-order valence-electron chi connectivity index (χ0n) is 17.3. The van der Waals surface area contributed by atoms with Crippen molar-refractivity contribution in [1.29, 1.82) is 0 Å². The molecule has 0 spiro atoms. The van der Waals surface area contributed by atoms with Gasteiger partial charge in [0.25, 0.3) is 17.5 Å². The fourth-order valence-corrected chi connectivity index (χ4v) is 3.70. The van der Waals surface area contributed by atoms with Crippen molar-refractivity contribution in [3.05, 3.63) is 55.0 Å². The molecule has 1 aromatic carbocycles. The second kappa shape index (κ2) is 10.5. The van der Waals surface area contributed by atoms with Crippen molar-refractivity contribution in [2.75, 3.05) is 13.1 Å². The average molecular weight is 453 g/mol. The standard InChI is InChI=1S/C20H25ClN4O4S/c1-12(2)8-22-19(26)17-11-30-18(23-17)10-24(9-13(3)4)20(27)15-6-5-14(25(28)29)7-16(15)21/h5-7,11-13H,8-10H2,1-4H3,(H,22,26). The van der Waals surface area contributed by atoms with Crippen LogP contribution in [0.2, 0.25) is 5.02 Å². The normalized spacial score (nSPS) is 11.0. The molecule has 0 bridgehead atoms.